The SMILES string of the molecule is COc1cc(C2(N)CCCC2)ccc1OCCN1CCOCC1. The second kappa shape index (κ2) is 7.51. The molecule has 1 heterocycles. The summed E-state index contributed by atoms with van der Waals surface area (Å²) in [7, 11) is 1.69. The fourth-order valence-electron chi connectivity index (χ4n) is 3.50. The predicted molar refractivity (Wildman–Crippen MR) is 90.1 cm³/mol. The summed E-state index contributed by atoms with van der Waals surface area (Å²) in [6.07, 6.45) is 4.51. The lowest BCUT2D eigenvalue weighted by Gasteiger charge is -2.27. The van der Waals surface area contributed by atoms with Gasteiger partial charge in [0.2, 0.25) is 0 Å². The van der Waals surface area contributed by atoms with Crippen molar-refractivity contribution in [2.75, 3.05) is 46.6 Å². The molecule has 0 aromatic heterocycles. The van der Waals surface area contributed by atoms with Gasteiger partial charge in [-0.05, 0) is 30.5 Å². The molecule has 1 aromatic rings. The van der Waals surface area contributed by atoms with Crippen LogP contribution in [0.3, 0.4) is 0 Å². The number of nitrogens with two attached hydrogens (primary N) is 1. The van der Waals surface area contributed by atoms with Crippen LogP contribution in [0.15, 0.2) is 18.2 Å². The number of ether oxygens (including phenoxy) is 3. The van der Waals surface area contributed by atoms with Crippen molar-refractivity contribution in [3.63, 3.8) is 0 Å². The minimum Gasteiger partial charge on any atom is -0.493 e. The van der Waals surface area contributed by atoms with Crippen molar-refractivity contribution in [2.45, 2.75) is 31.2 Å². The predicted octanol–water partition coefficient (Wildman–Crippen LogP) is 2.13. The van der Waals surface area contributed by atoms with Crippen LogP contribution in [-0.2, 0) is 10.3 Å². The molecule has 0 atom stereocenters. The number of rotatable bonds is 6. The normalized spacial score (nSPS) is 21.3. The number of nitrogens with zero attached hydrogens (tertiary/aromatic N) is 1. The maximum Gasteiger partial charge on any atom is 0.161 e. The van der Waals surface area contributed by atoms with E-state index in [-0.39, 0.29) is 5.54 Å². The minimum atomic E-state index is -0.195. The van der Waals surface area contributed by atoms with Crippen molar-refractivity contribution in [1.29, 1.82) is 0 Å². The Morgan fingerprint density at radius 2 is 1.91 bits per heavy atom. The Kier molecular flexibility index (Phi) is 5.41. The van der Waals surface area contributed by atoms with E-state index in [1.165, 1.54) is 12.8 Å². The summed E-state index contributed by atoms with van der Waals surface area (Å²) in [6, 6.07) is 6.15. The molecule has 2 fully saturated rings. The Bertz CT molecular complexity index is 509. The summed E-state index contributed by atoms with van der Waals surface area (Å²) in [5.74, 6) is 1.58. The first-order valence-electron chi connectivity index (χ1n) is 8.62. The average molecular weight is 320 g/mol. The first-order valence-corrected chi connectivity index (χ1v) is 8.62. The van der Waals surface area contributed by atoms with Gasteiger partial charge in [-0.15, -0.1) is 0 Å². The zero-order chi connectivity index (χ0) is 16.1. The van der Waals surface area contributed by atoms with Crippen LogP contribution in [-0.4, -0.2) is 51.5 Å². The van der Waals surface area contributed by atoms with E-state index in [1.807, 2.05) is 6.07 Å². The number of methoxy groups -OCH3 is 1. The van der Waals surface area contributed by atoms with Gasteiger partial charge in [0, 0.05) is 25.2 Å². The Hall–Kier alpha value is -1.30. The molecule has 0 amide bonds. The Morgan fingerprint density at radius 3 is 2.61 bits per heavy atom. The molecule has 5 nitrogen and oxygen atoms in total. The van der Waals surface area contributed by atoms with Crippen LogP contribution in [0.2, 0.25) is 0 Å². The highest BCUT2D eigenvalue weighted by molar-refractivity contribution is 5.45. The van der Waals surface area contributed by atoms with E-state index in [2.05, 4.69) is 17.0 Å². The van der Waals surface area contributed by atoms with Crippen LogP contribution in [0.25, 0.3) is 0 Å². The lowest BCUT2D eigenvalue weighted by molar-refractivity contribution is 0.0321. The third-order valence-corrected chi connectivity index (χ3v) is 5.00. The van der Waals surface area contributed by atoms with E-state index in [9.17, 15) is 0 Å². The smallest absolute Gasteiger partial charge is 0.161 e. The van der Waals surface area contributed by atoms with Crippen molar-refractivity contribution in [3.8, 4) is 11.5 Å². The summed E-state index contributed by atoms with van der Waals surface area (Å²) >= 11 is 0. The zero-order valence-electron chi connectivity index (χ0n) is 14.1. The average Bonchev–Trinajstić information content (AvgIpc) is 3.04. The van der Waals surface area contributed by atoms with Crippen LogP contribution >= 0.6 is 0 Å². The molecule has 2 aliphatic rings. The third kappa shape index (κ3) is 3.97. The fraction of sp³-hybridized carbons (Fsp3) is 0.667. The number of hydrogen-bond donors (Lipinski definition) is 1. The highest BCUT2D eigenvalue weighted by Gasteiger charge is 2.31. The maximum absolute atomic E-state index is 6.54. The minimum absolute atomic E-state index is 0.195. The maximum atomic E-state index is 6.54. The lowest BCUT2D eigenvalue weighted by atomic mass is 9.89. The van der Waals surface area contributed by atoms with Gasteiger partial charge in [0.1, 0.15) is 6.61 Å². The van der Waals surface area contributed by atoms with E-state index < -0.39 is 0 Å². The van der Waals surface area contributed by atoms with Gasteiger partial charge in [-0.25, -0.2) is 0 Å². The molecule has 1 saturated heterocycles. The van der Waals surface area contributed by atoms with Gasteiger partial charge in [0.25, 0.3) is 0 Å². The monoisotopic (exact) mass is 320 g/mol. The van der Waals surface area contributed by atoms with Gasteiger partial charge in [-0.1, -0.05) is 18.9 Å². The Balaban J connectivity index is 1.60. The summed E-state index contributed by atoms with van der Waals surface area (Å²) in [5, 5.41) is 0. The van der Waals surface area contributed by atoms with E-state index in [1.54, 1.807) is 7.11 Å². The molecule has 1 aromatic carbocycles. The van der Waals surface area contributed by atoms with Crippen LogP contribution in [0, 0.1) is 0 Å². The van der Waals surface area contributed by atoms with E-state index in [0.717, 1.165) is 62.8 Å². The van der Waals surface area contributed by atoms with Gasteiger partial charge in [0.05, 0.1) is 20.3 Å². The van der Waals surface area contributed by atoms with Gasteiger partial charge < -0.3 is 19.9 Å². The third-order valence-electron chi connectivity index (χ3n) is 5.00. The highest BCUT2D eigenvalue weighted by Crippen LogP contribution is 2.39. The molecule has 3 rings (SSSR count). The molecule has 5 heteroatoms. The summed E-state index contributed by atoms with van der Waals surface area (Å²) in [6.45, 7) is 5.16. The fourth-order valence-corrected chi connectivity index (χ4v) is 3.50. The quantitative estimate of drug-likeness (QED) is 0.870. The van der Waals surface area contributed by atoms with Crippen molar-refractivity contribution in [3.05, 3.63) is 23.8 Å². The van der Waals surface area contributed by atoms with Gasteiger partial charge in [0.15, 0.2) is 11.5 Å². The van der Waals surface area contributed by atoms with Crippen molar-refractivity contribution >= 4 is 0 Å². The second-order valence-electron chi connectivity index (χ2n) is 6.53. The van der Waals surface area contributed by atoms with Crippen molar-refractivity contribution in [1.82, 2.24) is 4.90 Å². The van der Waals surface area contributed by atoms with Crippen molar-refractivity contribution in [2.24, 2.45) is 5.73 Å². The molecule has 2 N–H and O–H groups in total. The molecular weight excluding hydrogens is 292 g/mol. The molecule has 1 aliphatic carbocycles. The molecule has 0 radical (unpaired) electrons. The summed E-state index contributed by atoms with van der Waals surface area (Å²) in [5.41, 5.74) is 7.50. The largest absolute Gasteiger partial charge is 0.493 e. The summed E-state index contributed by atoms with van der Waals surface area (Å²) in [4.78, 5) is 2.36. The van der Waals surface area contributed by atoms with Gasteiger partial charge in [-0.3, -0.25) is 4.90 Å². The first kappa shape index (κ1) is 16.6. The molecule has 0 bridgehead atoms. The van der Waals surface area contributed by atoms with Gasteiger partial charge in [-0.2, -0.15) is 0 Å². The highest BCUT2D eigenvalue weighted by atomic mass is 16.5. The van der Waals surface area contributed by atoms with E-state index >= 15 is 0 Å². The molecule has 128 valence electrons. The summed E-state index contributed by atoms with van der Waals surface area (Å²) < 4.78 is 16.8. The molecule has 1 aliphatic heterocycles. The molecule has 23 heavy (non-hydrogen) atoms. The number of morpholine rings is 1. The molecule has 0 spiro atoms. The zero-order valence-corrected chi connectivity index (χ0v) is 14.1. The van der Waals surface area contributed by atoms with Crippen LogP contribution < -0.4 is 15.2 Å². The first-order chi connectivity index (χ1) is 11.2. The molecule has 1 saturated carbocycles. The topological polar surface area (TPSA) is 57.0 Å². The molecular formula is C18H28N2O3. The Labute approximate surface area is 138 Å². The van der Waals surface area contributed by atoms with Crippen LogP contribution in [0.4, 0.5) is 0 Å². The van der Waals surface area contributed by atoms with Crippen molar-refractivity contribution < 1.29 is 14.2 Å². The van der Waals surface area contributed by atoms with Gasteiger partial charge >= 0.3 is 0 Å². The number of hydrogen-bond acceptors (Lipinski definition) is 5. The Morgan fingerprint density at radius 1 is 1.17 bits per heavy atom. The van der Waals surface area contributed by atoms with Crippen LogP contribution in [0.5, 0.6) is 11.5 Å². The standard InChI is InChI=1S/C18H28N2O3/c1-21-17-14-15(18(19)6-2-3-7-18)4-5-16(17)23-13-10-20-8-11-22-12-9-20/h4-5,14H,2-3,6-13,19H2,1H3. The second-order valence-corrected chi connectivity index (χ2v) is 6.53. The van der Waals surface area contributed by atoms with Crippen LogP contribution in [0.1, 0.15) is 31.2 Å². The van der Waals surface area contributed by atoms with E-state index in [4.69, 9.17) is 19.9 Å². The lowest BCUT2D eigenvalue weighted by Crippen LogP contribution is -2.38. The van der Waals surface area contributed by atoms with E-state index in [0.29, 0.717) is 6.61 Å². The number of benzene rings is 1. The molecule has 0 unspecified atom stereocenters.